The van der Waals surface area contributed by atoms with Crippen molar-refractivity contribution in [2.75, 3.05) is 6.54 Å². The van der Waals surface area contributed by atoms with Gasteiger partial charge in [-0.3, -0.25) is 0 Å². The summed E-state index contributed by atoms with van der Waals surface area (Å²) in [6.07, 6.45) is 2.55. The van der Waals surface area contributed by atoms with Gasteiger partial charge in [-0.1, -0.05) is 18.2 Å². The van der Waals surface area contributed by atoms with Crippen LogP contribution >= 0.6 is 11.3 Å². The van der Waals surface area contributed by atoms with Gasteiger partial charge in [0.15, 0.2) is 0 Å². The van der Waals surface area contributed by atoms with Crippen LogP contribution in [-0.4, -0.2) is 12.6 Å². The van der Waals surface area contributed by atoms with E-state index >= 15 is 0 Å². The van der Waals surface area contributed by atoms with Crippen molar-refractivity contribution in [3.63, 3.8) is 0 Å². The first-order valence-electron chi connectivity index (χ1n) is 6.04. The summed E-state index contributed by atoms with van der Waals surface area (Å²) in [7, 11) is 0. The number of piperidine rings is 1. The molecule has 16 heavy (non-hydrogen) atoms. The van der Waals surface area contributed by atoms with E-state index < -0.39 is 0 Å². The van der Waals surface area contributed by atoms with E-state index in [9.17, 15) is 0 Å². The van der Waals surface area contributed by atoms with E-state index in [1.807, 2.05) is 11.3 Å². The minimum atomic E-state index is 0.661. The van der Waals surface area contributed by atoms with Crippen LogP contribution in [0.15, 0.2) is 29.6 Å². The minimum absolute atomic E-state index is 0.661. The van der Waals surface area contributed by atoms with Crippen molar-refractivity contribution >= 4 is 21.4 Å². The molecule has 0 radical (unpaired) electrons. The molecular weight excluding hydrogens is 214 g/mol. The standard InChI is InChI=1S/C14H17NS/c1-10-9-12(5-7-15-10)13-4-2-3-11-6-8-16-14(11)13/h2-4,6,8,10,12,15H,5,7,9H2,1H3. The Labute approximate surface area is 100 Å². The van der Waals surface area contributed by atoms with Crippen LogP contribution in [0.1, 0.15) is 31.2 Å². The maximum atomic E-state index is 3.53. The Balaban J connectivity index is 2.01. The topological polar surface area (TPSA) is 12.0 Å². The highest BCUT2D eigenvalue weighted by molar-refractivity contribution is 7.17. The van der Waals surface area contributed by atoms with Gasteiger partial charge in [0.1, 0.15) is 0 Å². The Morgan fingerprint density at radius 1 is 1.31 bits per heavy atom. The van der Waals surface area contributed by atoms with Gasteiger partial charge < -0.3 is 5.32 Å². The van der Waals surface area contributed by atoms with E-state index in [1.54, 1.807) is 5.56 Å². The summed E-state index contributed by atoms with van der Waals surface area (Å²) in [5, 5.41) is 7.14. The zero-order valence-corrected chi connectivity index (χ0v) is 10.4. The summed E-state index contributed by atoms with van der Waals surface area (Å²) in [6, 6.07) is 9.64. The van der Waals surface area contributed by atoms with E-state index in [-0.39, 0.29) is 0 Å². The predicted molar refractivity (Wildman–Crippen MR) is 71.3 cm³/mol. The fourth-order valence-corrected chi connectivity index (χ4v) is 3.75. The summed E-state index contributed by atoms with van der Waals surface area (Å²) >= 11 is 1.89. The molecule has 0 spiro atoms. The maximum absolute atomic E-state index is 3.53. The highest BCUT2D eigenvalue weighted by atomic mass is 32.1. The first kappa shape index (κ1) is 10.3. The number of nitrogens with one attached hydrogen (secondary N) is 1. The van der Waals surface area contributed by atoms with Crippen LogP contribution in [0.25, 0.3) is 10.1 Å². The summed E-state index contributed by atoms with van der Waals surface area (Å²) < 4.78 is 1.50. The van der Waals surface area contributed by atoms with Gasteiger partial charge in [-0.15, -0.1) is 11.3 Å². The molecular formula is C14H17NS. The number of thiophene rings is 1. The van der Waals surface area contributed by atoms with Crippen molar-refractivity contribution in [3.05, 3.63) is 35.2 Å². The summed E-state index contributed by atoms with van der Waals surface area (Å²) in [5.74, 6) is 0.749. The van der Waals surface area contributed by atoms with Gasteiger partial charge in [-0.25, -0.2) is 0 Å². The summed E-state index contributed by atoms with van der Waals surface area (Å²) in [5.41, 5.74) is 1.57. The molecule has 1 nitrogen and oxygen atoms in total. The van der Waals surface area contributed by atoms with E-state index in [2.05, 4.69) is 41.9 Å². The van der Waals surface area contributed by atoms with E-state index in [1.165, 1.54) is 22.9 Å². The molecule has 2 aromatic rings. The van der Waals surface area contributed by atoms with Crippen molar-refractivity contribution < 1.29 is 0 Å². The van der Waals surface area contributed by atoms with Gasteiger partial charge in [0.25, 0.3) is 0 Å². The Bertz CT molecular complexity index is 488. The van der Waals surface area contributed by atoms with Gasteiger partial charge >= 0.3 is 0 Å². The summed E-state index contributed by atoms with van der Waals surface area (Å²) in [6.45, 7) is 3.45. The Morgan fingerprint density at radius 2 is 2.25 bits per heavy atom. The second kappa shape index (κ2) is 4.19. The first-order valence-corrected chi connectivity index (χ1v) is 6.92. The van der Waals surface area contributed by atoms with Crippen molar-refractivity contribution in [3.8, 4) is 0 Å². The van der Waals surface area contributed by atoms with E-state index in [4.69, 9.17) is 0 Å². The second-order valence-corrected chi connectivity index (χ2v) is 5.68. The van der Waals surface area contributed by atoms with Gasteiger partial charge in [0, 0.05) is 10.7 Å². The molecule has 1 saturated heterocycles. The fourth-order valence-electron chi connectivity index (χ4n) is 2.75. The number of hydrogen-bond donors (Lipinski definition) is 1. The molecule has 0 saturated carbocycles. The third kappa shape index (κ3) is 1.76. The molecule has 1 N–H and O–H groups in total. The van der Waals surface area contributed by atoms with Crippen LogP contribution < -0.4 is 5.32 Å². The predicted octanol–water partition coefficient (Wildman–Crippen LogP) is 3.76. The molecule has 2 heterocycles. The highest BCUT2D eigenvalue weighted by Gasteiger charge is 2.21. The molecule has 3 rings (SSSR count). The normalized spacial score (nSPS) is 26.1. The number of benzene rings is 1. The first-order chi connectivity index (χ1) is 7.84. The van der Waals surface area contributed by atoms with E-state index in [0.29, 0.717) is 6.04 Å². The molecule has 1 aromatic carbocycles. The molecule has 84 valence electrons. The van der Waals surface area contributed by atoms with Crippen molar-refractivity contribution in [1.82, 2.24) is 5.32 Å². The van der Waals surface area contributed by atoms with E-state index in [0.717, 1.165) is 12.5 Å². The van der Waals surface area contributed by atoms with Gasteiger partial charge in [0.05, 0.1) is 0 Å². The lowest BCUT2D eigenvalue weighted by molar-refractivity contribution is 0.383. The molecule has 0 amide bonds. The van der Waals surface area contributed by atoms with Crippen molar-refractivity contribution in [2.24, 2.45) is 0 Å². The molecule has 1 aliphatic rings. The molecule has 2 heteroatoms. The largest absolute Gasteiger partial charge is 0.314 e. The van der Waals surface area contributed by atoms with Crippen molar-refractivity contribution in [2.45, 2.75) is 31.7 Å². The lowest BCUT2D eigenvalue weighted by Gasteiger charge is -2.28. The monoisotopic (exact) mass is 231 g/mol. The molecule has 2 atom stereocenters. The van der Waals surface area contributed by atoms with Crippen molar-refractivity contribution in [1.29, 1.82) is 0 Å². The second-order valence-electron chi connectivity index (χ2n) is 4.76. The maximum Gasteiger partial charge on any atom is 0.0377 e. The van der Waals surface area contributed by atoms with Crippen LogP contribution in [-0.2, 0) is 0 Å². The average Bonchev–Trinajstić information content (AvgIpc) is 2.76. The van der Waals surface area contributed by atoms with Crippen LogP contribution in [0.2, 0.25) is 0 Å². The highest BCUT2D eigenvalue weighted by Crippen LogP contribution is 2.35. The van der Waals surface area contributed by atoms with Gasteiger partial charge in [-0.05, 0) is 54.6 Å². The Hall–Kier alpha value is -0.860. The zero-order chi connectivity index (χ0) is 11.0. The lowest BCUT2D eigenvalue weighted by Crippen LogP contribution is -2.34. The zero-order valence-electron chi connectivity index (χ0n) is 9.57. The molecule has 1 fully saturated rings. The SMILES string of the molecule is CC1CC(c2cccc3ccsc23)CCN1. The third-order valence-electron chi connectivity index (χ3n) is 3.57. The van der Waals surface area contributed by atoms with Crippen LogP contribution in [0, 0.1) is 0 Å². The smallest absolute Gasteiger partial charge is 0.0377 e. The fraction of sp³-hybridized carbons (Fsp3) is 0.429. The molecule has 1 aromatic heterocycles. The van der Waals surface area contributed by atoms with Gasteiger partial charge in [-0.2, -0.15) is 0 Å². The molecule has 0 bridgehead atoms. The molecule has 0 aliphatic carbocycles. The van der Waals surface area contributed by atoms with Crippen LogP contribution in [0.5, 0.6) is 0 Å². The van der Waals surface area contributed by atoms with Crippen LogP contribution in [0.4, 0.5) is 0 Å². The van der Waals surface area contributed by atoms with Crippen LogP contribution in [0.3, 0.4) is 0 Å². The van der Waals surface area contributed by atoms with Gasteiger partial charge in [0.2, 0.25) is 0 Å². The minimum Gasteiger partial charge on any atom is -0.314 e. The summed E-state index contributed by atoms with van der Waals surface area (Å²) in [4.78, 5) is 0. The third-order valence-corrected chi connectivity index (χ3v) is 4.55. The Morgan fingerprint density at radius 3 is 3.12 bits per heavy atom. The lowest BCUT2D eigenvalue weighted by atomic mass is 9.86. The number of rotatable bonds is 1. The number of hydrogen-bond acceptors (Lipinski definition) is 2. The molecule has 1 aliphatic heterocycles. The average molecular weight is 231 g/mol. The number of fused-ring (bicyclic) bond motifs is 1. The Kier molecular flexibility index (Phi) is 2.70. The molecule has 2 unspecified atom stereocenters. The quantitative estimate of drug-likeness (QED) is 0.788.